The maximum atomic E-state index is 12.1. The third-order valence-corrected chi connectivity index (χ3v) is 3.80. The van der Waals surface area contributed by atoms with Gasteiger partial charge in [0.25, 0.3) is 0 Å². The molecule has 0 bridgehead atoms. The van der Waals surface area contributed by atoms with Crippen molar-refractivity contribution in [3.05, 3.63) is 29.8 Å². The van der Waals surface area contributed by atoms with E-state index in [1.54, 1.807) is 0 Å². The van der Waals surface area contributed by atoms with Crippen LogP contribution in [0.3, 0.4) is 0 Å². The molecule has 0 saturated carbocycles. The summed E-state index contributed by atoms with van der Waals surface area (Å²) in [7, 11) is 0. The summed E-state index contributed by atoms with van der Waals surface area (Å²) in [5.41, 5.74) is 1.01. The number of hydrogen-bond donors (Lipinski definition) is 2. The standard InChI is InChI=1S/C14H19NO2S/c1-10-9-15(7-6-13(10)16)14(17)8-11-2-4-12(18)5-3-11/h2-5,10,13,16,18H,6-9H2,1H3. The van der Waals surface area contributed by atoms with Crippen molar-refractivity contribution in [3.63, 3.8) is 0 Å². The van der Waals surface area contributed by atoms with E-state index in [2.05, 4.69) is 12.6 Å². The molecule has 98 valence electrons. The predicted octanol–water partition coefficient (Wildman–Crippen LogP) is 1.75. The topological polar surface area (TPSA) is 40.5 Å². The fourth-order valence-electron chi connectivity index (χ4n) is 2.26. The summed E-state index contributed by atoms with van der Waals surface area (Å²) in [5.74, 6) is 0.309. The molecule has 1 fully saturated rings. The van der Waals surface area contributed by atoms with E-state index in [0.29, 0.717) is 25.9 Å². The second-order valence-electron chi connectivity index (χ2n) is 5.02. The predicted molar refractivity (Wildman–Crippen MR) is 73.8 cm³/mol. The first-order chi connectivity index (χ1) is 8.56. The average molecular weight is 265 g/mol. The van der Waals surface area contributed by atoms with E-state index in [9.17, 15) is 9.90 Å². The normalized spacial score (nSPS) is 24.1. The second-order valence-corrected chi connectivity index (χ2v) is 5.53. The lowest BCUT2D eigenvalue weighted by atomic mass is 9.96. The summed E-state index contributed by atoms with van der Waals surface area (Å²) in [5, 5.41) is 9.65. The smallest absolute Gasteiger partial charge is 0.227 e. The van der Waals surface area contributed by atoms with Crippen LogP contribution >= 0.6 is 12.6 Å². The van der Waals surface area contributed by atoms with Crippen molar-refractivity contribution in [1.29, 1.82) is 0 Å². The van der Waals surface area contributed by atoms with Crippen molar-refractivity contribution < 1.29 is 9.90 Å². The first-order valence-corrected chi connectivity index (χ1v) is 6.74. The Morgan fingerprint density at radius 1 is 1.44 bits per heavy atom. The quantitative estimate of drug-likeness (QED) is 0.800. The number of carbonyl (C=O) groups is 1. The van der Waals surface area contributed by atoms with Crippen LogP contribution in [0.4, 0.5) is 0 Å². The Kier molecular flexibility index (Phi) is 4.30. The summed E-state index contributed by atoms with van der Waals surface area (Å²) in [6, 6.07) is 7.66. The summed E-state index contributed by atoms with van der Waals surface area (Å²) in [6.45, 7) is 3.31. The molecular weight excluding hydrogens is 246 g/mol. The van der Waals surface area contributed by atoms with E-state index in [1.807, 2.05) is 36.1 Å². The van der Waals surface area contributed by atoms with Crippen LogP contribution in [0.5, 0.6) is 0 Å². The highest BCUT2D eigenvalue weighted by molar-refractivity contribution is 7.80. The fourth-order valence-corrected chi connectivity index (χ4v) is 2.41. The van der Waals surface area contributed by atoms with Crippen molar-refractivity contribution in [1.82, 2.24) is 4.90 Å². The van der Waals surface area contributed by atoms with E-state index in [4.69, 9.17) is 0 Å². The highest BCUT2D eigenvalue weighted by Gasteiger charge is 2.26. The van der Waals surface area contributed by atoms with Crippen LogP contribution in [-0.2, 0) is 11.2 Å². The van der Waals surface area contributed by atoms with Gasteiger partial charge in [0.15, 0.2) is 0 Å². The second kappa shape index (κ2) is 5.76. The molecule has 1 N–H and O–H groups in total. The lowest BCUT2D eigenvalue weighted by molar-refractivity contribution is -0.133. The van der Waals surface area contributed by atoms with Crippen LogP contribution in [0.15, 0.2) is 29.2 Å². The zero-order valence-corrected chi connectivity index (χ0v) is 11.4. The van der Waals surface area contributed by atoms with Gasteiger partial charge in [-0.3, -0.25) is 4.79 Å². The lowest BCUT2D eigenvalue weighted by Gasteiger charge is -2.34. The maximum absolute atomic E-state index is 12.1. The first kappa shape index (κ1) is 13.4. The van der Waals surface area contributed by atoms with Crippen molar-refractivity contribution in [2.75, 3.05) is 13.1 Å². The van der Waals surface area contributed by atoms with Gasteiger partial charge in [-0.05, 0) is 30.0 Å². The van der Waals surface area contributed by atoms with E-state index in [1.165, 1.54) is 0 Å². The number of amides is 1. The number of aliphatic hydroxyl groups is 1. The molecule has 0 aliphatic carbocycles. The Balaban J connectivity index is 1.94. The third kappa shape index (κ3) is 3.27. The number of hydrogen-bond acceptors (Lipinski definition) is 3. The van der Waals surface area contributed by atoms with E-state index in [0.717, 1.165) is 10.5 Å². The number of carbonyl (C=O) groups excluding carboxylic acids is 1. The molecule has 1 aliphatic rings. The van der Waals surface area contributed by atoms with Crippen molar-refractivity contribution in [3.8, 4) is 0 Å². The van der Waals surface area contributed by atoms with Crippen LogP contribution in [0, 0.1) is 5.92 Å². The molecule has 0 radical (unpaired) electrons. The van der Waals surface area contributed by atoms with Crippen LogP contribution in [0.25, 0.3) is 0 Å². The van der Waals surface area contributed by atoms with Crippen molar-refractivity contribution in [2.24, 2.45) is 5.92 Å². The molecule has 0 aromatic heterocycles. The van der Waals surface area contributed by atoms with E-state index in [-0.39, 0.29) is 17.9 Å². The molecule has 1 amide bonds. The number of nitrogens with zero attached hydrogens (tertiary/aromatic N) is 1. The average Bonchev–Trinajstić information content (AvgIpc) is 2.35. The molecule has 18 heavy (non-hydrogen) atoms. The highest BCUT2D eigenvalue weighted by Crippen LogP contribution is 2.18. The third-order valence-electron chi connectivity index (χ3n) is 3.50. The number of rotatable bonds is 2. The van der Waals surface area contributed by atoms with Gasteiger partial charge < -0.3 is 10.0 Å². The van der Waals surface area contributed by atoms with Crippen LogP contribution in [0.1, 0.15) is 18.9 Å². The number of aliphatic hydroxyl groups excluding tert-OH is 1. The molecule has 1 aliphatic heterocycles. The Bertz CT molecular complexity index is 418. The number of piperidine rings is 1. The molecule has 3 nitrogen and oxygen atoms in total. The SMILES string of the molecule is CC1CN(C(=O)Cc2ccc(S)cc2)CCC1O. The Hall–Kier alpha value is -1.00. The molecule has 2 atom stereocenters. The molecular formula is C14H19NO2S. The molecule has 1 aromatic carbocycles. The Labute approximate surface area is 113 Å². The first-order valence-electron chi connectivity index (χ1n) is 6.30. The van der Waals surface area contributed by atoms with Gasteiger partial charge >= 0.3 is 0 Å². The molecule has 0 spiro atoms. The monoisotopic (exact) mass is 265 g/mol. The van der Waals surface area contributed by atoms with Gasteiger partial charge in [-0.25, -0.2) is 0 Å². The summed E-state index contributed by atoms with van der Waals surface area (Å²) < 4.78 is 0. The van der Waals surface area contributed by atoms with Gasteiger partial charge in [-0.1, -0.05) is 19.1 Å². The molecule has 4 heteroatoms. The molecule has 2 unspecified atom stereocenters. The zero-order valence-electron chi connectivity index (χ0n) is 10.5. The maximum Gasteiger partial charge on any atom is 0.227 e. The zero-order chi connectivity index (χ0) is 13.1. The van der Waals surface area contributed by atoms with Crippen molar-refractivity contribution in [2.45, 2.75) is 30.8 Å². The lowest BCUT2D eigenvalue weighted by Crippen LogP contribution is -2.45. The van der Waals surface area contributed by atoms with Gasteiger partial charge in [0.2, 0.25) is 5.91 Å². The highest BCUT2D eigenvalue weighted by atomic mass is 32.1. The largest absolute Gasteiger partial charge is 0.393 e. The molecule has 2 rings (SSSR count). The number of benzene rings is 1. The van der Waals surface area contributed by atoms with Crippen molar-refractivity contribution >= 4 is 18.5 Å². The molecule has 1 heterocycles. The summed E-state index contributed by atoms with van der Waals surface area (Å²) in [6.07, 6.45) is 0.844. The Morgan fingerprint density at radius 2 is 2.11 bits per heavy atom. The fraction of sp³-hybridized carbons (Fsp3) is 0.500. The van der Waals surface area contributed by atoms with Crippen LogP contribution < -0.4 is 0 Å². The van der Waals surface area contributed by atoms with Gasteiger partial charge in [0.05, 0.1) is 12.5 Å². The van der Waals surface area contributed by atoms with E-state index < -0.39 is 0 Å². The number of likely N-dealkylation sites (tertiary alicyclic amines) is 1. The van der Waals surface area contributed by atoms with Gasteiger partial charge in [-0.15, -0.1) is 12.6 Å². The minimum Gasteiger partial charge on any atom is -0.393 e. The van der Waals surface area contributed by atoms with Crippen LogP contribution in [-0.4, -0.2) is 35.1 Å². The summed E-state index contributed by atoms with van der Waals surface area (Å²) >= 11 is 4.22. The van der Waals surface area contributed by atoms with Gasteiger partial charge in [0.1, 0.15) is 0 Å². The molecule has 1 aromatic rings. The summed E-state index contributed by atoms with van der Waals surface area (Å²) in [4.78, 5) is 14.9. The van der Waals surface area contributed by atoms with E-state index >= 15 is 0 Å². The Morgan fingerprint density at radius 3 is 2.72 bits per heavy atom. The van der Waals surface area contributed by atoms with Gasteiger partial charge in [0, 0.05) is 18.0 Å². The van der Waals surface area contributed by atoms with Gasteiger partial charge in [-0.2, -0.15) is 0 Å². The molecule has 1 saturated heterocycles. The minimum atomic E-state index is -0.266. The van der Waals surface area contributed by atoms with Crippen LogP contribution in [0.2, 0.25) is 0 Å². The number of thiol groups is 1. The minimum absolute atomic E-state index is 0.140.